The van der Waals surface area contributed by atoms with E-state index in [1.165, 1.54) is 129 Å². The molecule has 0 bridgehead atoms. The molecule has 14 aromatic carbocycles. The highest BCUT2D eigenvalue weighted by Crippen LogP contribution is 2.54. The van der Waals surface area contributed by atoms with Crippen LogP contribution >= 0.6 is 11.3 Å². The summed E-state index contributed by atoms with van der Waals surface area (Å²) in [4.78, 5) is 4.99. The number of rotatable bonds is 6. The lowest BCUT2D eigenvalue weighted by molar-refractivity contribution is 0.660. The van der Waals surface area contributed by atoms with Gasteiger partial charge in [0.05, 0.1) is 0 Å². The molecule has 17 rings (SSSR count). The molecule has 0 spiro atoms. The van der Waals surface area contributed by atoms with E-state index in [1.807, 2.05) is 11.3 Å². The molecule has 2 nitrogen and oxygen atoms in total. The number of fused-ring (bicyclic) bond motifs is 20. The molecule has 3 heteroatoms. The molecule has 0 aliphatic heterocycles. The van der Waals surface area contributed by atoms with Crippen molar-refractivity contribution >= 4 is 130 Å². The number of benzene rings is 14. The average Bonchev–Trinajstić information content (AvgIpc) is 4.29. The number of hydrogen-bond donors (Lipinski definition) is 0. The molecule has 81 heavy (non-hydrogen) atoms. The lowest BCUT2D eigenvalue weighted by atomic mass is 9.82. The second kappa shape index (κ2) is 17.0. The minimum Gasteiger partial charge on any atom is -0.310 e. The van der Waals surface area contributed by atoms with Gasteiger partial charge in [-0.15, -0.1) is 11.3 Å². The fourth-order valence-electron chi connectivity index (χ4n) is 14.5. The van der Waals surface area contributed by atoms with Gasteiger partial charge in [0.25, 0.3) is 0 Å². The Bertz CT molecular complexity index is 5210. The molecule has 2 aliphatic carbocycles. The third-order valence-corrected chi connectivity index (χ3v) is 19.7. The normalized spacial score (nSPS) is 13.9. The van der Waals surface area contributed by atoms with Gasteiger partial charge in [-0.1, -0.05) is 210 Å². The van der Waals surface area contributed by atoms with Crippen molar-refractivity contribution in [3.05, 3.63) is 277 Å². The van der Waals surface area contributed by atoms with Crippen molar-refractivity contribution in [1.29, 1.82) is 0 Å². The van der Waals surface area contributed by atoms with Gasteiger partial charge in [0, 0.05) is 70.5 Å². The largest absolute Gasteiger partial charge is 0.310 e. The Balaban J connectivity index is 0.862. The zero-order chi connectivity index (χ0) is 53.9. The van der Waals surface area contributed by atoms with Gasteiger partial charge in [-0.25, -0.2) is 0 Å². The van der Waals surface area contributed by atoms with Crippen LogP contribution in [0.2, 0.25) is 0 Å². The van der Waals surface area contributed by atoms with E-state index in [-0.39, 0.29) is 10.8 Å². The Morgan fingerprint density at radius 2 is 0.630 bits per heavy atom. The van der Waals surface area contributed by atoms with E-state index >= 15 is 0 Å². The van der Waals surface area contributed by atoms with E-state index in [0.29, 0.717) is 0 Å². The fourth-order valence-corrected chi connectivity index (χ4v) is 15.8. The molecule has 0 saturated heterocycles. The smallest absolute Gasteiger partial charge is 0.0476 e. The average molecular weight is 1050 g/mol. The standard InChI is InChI=1S/C78H54N2S/c1-77(2)70-23-13-11-20-60(70)62-37-33-54(44-72(62)77)79(51-31-29-49-27-25-47-15-5-7-17-57(47)67(49)41-51)53-35-39-65-69(43-53)59-19-9-10-22-64(59)75-66-40-36-56(46-74(66)81-76(65)75)80(52-32-30-50-28-26-48-16-6-8-18-58(48)68(50)42-52)55-34-38-63-61-21-12-14-24-71(61)78(3,4)73(63)45-55/h5-46H,1-4H3. The van der Waals surface area contributed by atoms with Crippen LogP contribution in [-0.2, 0) is 10.8 Å². The molecule has 1 heterocycles. The first kappa shape index (κ1) is 46.4. The highest BCUT2D eigenvalue weighted by Gasteiger charge is 2.37. The minimum atomic E-state index is -0.147. The Morgan fingerprint density at radius 1 is 0.259 bits per heavy atom. The van der Waals surface area contributed by atoms with E-state index in [0.717, 1.165) is 34.1 Å². The number of nitrogens with zero attached hydrogens (tertiary/aromatic N) is 2. The maximum atomic E-state index is 2.50. The van der Waals surface area contributed by atoms with E-state index in [9.17, 15) is 0 Å². The van der Waals surface area contributed by atoms with Crippen LogP contribution in [0.4, 0.5) is 34.1 Å². The van der Waals surface area contributed by atoms with Crippen LogP contribution in [-0.4, -0.2) is 0 Å². The topological polar surface area (TPSA) is 6.48 Å². The van der Waals surface area contributed by atoms with Gasteiger partial charge < -0.3 is 9.80 Å². The molecule has 1 aromatic heterocycles. The SMILES string of the molecule is CC1(C)c2ccccc2-c2ccc(N(c3ccc4c(c3)sc3c5ccc(N(c6ccc7c(c6)C(C)(C)c6ccccc6-7)c6ccc7ccc8ccccc8c7c6)cc5c5ccccc5c43)c3ccc4ccc5ccccc5c4c3)cc21. The highest BCUT2D eigenvalue weighted by molar-refractivity contribution is 7.27. The first-order chi connectivity index (χ1) is 39.7. The van der Waals surface area contributed by atoms with Gasteiger partial charge in [-0.05, 0) is 177 Å². The fraction of sp³-hybridized carbons (Fsp3) is 0.0769. The van der Waals surface area contributed by atoms with Crippen molar-refractivity contribution in [2.24, 2.45) is 0 Å². The maximum absolute atomic E-state index is 2.50. The number of thiophene rings is 1. The molecule has 15 aromatic rings. The molecular formula is C78H54N2S. The molecule has 0 atom stereocenters. The van der Waals surface area contributed by atoms with Gasteiger partial charge in [0.1, 0.15) is 0 Å². The monoisotopic (exact) mass is 1050 g/mol. The molecular weight excluding hydrogens is 997 g/mol. The third-order valence-electron chi connectivity index (χ3n) is 18.6. The van der Waals surface area contributed by atoms with Crippen molar-refractivity contribution in [3.8, 4) is 22.3 Å². The predicted molar refractivity (Wildman–Crippen MR) is 349 cm³/mol. The van der Waals surface area contributed by atoms with Crippen LogP contribution in [0.25, 0.3) is 107 Å². The van der Waals surface area contributed by atoms with Crippen molar-refractivity contribution in [1.82, 2.24) is 0 Å². The molecule has 2 aliphatic rings. The zero-order valence-electron chi connectivity index (χ0n) is 45.6. The van der Waals surface area contributed by atoms with E-state index in [4.69, 9.17) is 0 Å². The summed E-state index contributed by atoms with van der Waals surface area (Å²) in [6.45, 7) is 9.52. The van der Waals surface area contributed by atoms with Gasteiger partial charge in [0.15, 0.2) is 0 Å². The summed E-state index contributed by atoms with van der Waals surface area (Å²) in [6, 6.07) is 96.4. The van der Waals surface area contributed by atoms with E-state index in [1.54, 1.807) is 0 Å². The summed E-state index contributed by atoms with van der Waals surface area (Å²) in [5.74, 6) is 0. The second-order valence-electron chi connectivity index (χ2n) is 23.6. The lowest BCUT2D eigenvalue weighted by Gasteiger charge is -2.29. The van der Waals surface area contributed by atoms with Crippen molar-refractivity contribution in [2.75, 3.05) is 9.80 Å². The quantitative estimate of drug-likeness (QED) is 0.153. The van der Waals surface area contributed by atoms with Crippen molar-refractivity contribution in [3.63, 3.8) is 0 Å². The molecule has 0 radical (unpaired) electrons. The summed E-state index contributed by atoms with van der Waals surface area (Å²) in [6.07, 6.45) is 0. The maximum Gasteiger partial charge on any atom is 0.0476 e. The lowest BCUT2D eigenvalue weighted by Crippen LogP contribution is -2.16. The molecule has 0 saturated carbocycles. The Labute approximate surface area is 475 Å². The number of hydrogen-bond acceptors (Lipinski definition) is 3. The van der Waals surface area contributed by atoms with Crippen LogP contribution in [0.3, 0.4) is 0 Å². The van der Waals surface area contributed by atoms with Gasteiger partial charge in [-0.2, -0.15) is 0 Å². The second-order valence-corrected chi connectivity index (χ2v) is 24.7. The summed E-state index contributed by atoms with van der Waals surface area (Å²) in [5.41, 5.74) is 17.3. The first-order valence-corrected chi connectivity index (χ1v) is 29.2. The Hall–Kier alpha value is -9.54. The summed E-state index contributed by atoms with van der Waals surface area (Å²) < 4.78 is 2.57. The highest BCUT2D eigenvalue weighted by atomic mass is 32.1. The third kappa shape index (κ3) is 6.73. The van der Waals surface area contributed by atoms with Crippen molar-refractivity contribution < 1.29 is 0 Å². The molecule has 382 valence electrons. The predicted octanol–water partition coefficient (Wildman–Crippen LogP) is 22.5. The van der Waals surface area contributed by atoms with E-state index in [2.05, 4.69) is 292 Å². The van der Waals surface area contributed by atoms with Crippen LogP contribution in [0.5, 0.6) is 0 Å². The molecule has 0 N–H and O–H groups in total. The molecule has 0 fully saturated rings. The van der Waals surface area contributed by atoms with Gasteiger partial charge in [-0.3, -0.25) is 0 Å². The number of anilines is 6. The minimum absolute atomic E-state index is 0.142. The molecule has 0 unspecified atom stereocenters. The van der Waals surface area contributed by atoms with Crippen LogP contribution in [0.15, 0.2) is 255 Å². The van der Waals surface area contributed by atoms with Crippen molar-refractivity contribution in [2.45, 2.75) is 38.5 Å². The summed E-state index contributed by atoms with van der Waals surface area (Å²) in [5, 5.41) is 17.6. The van der Waals surface area contributed by atoms with Gasteiger partial charge in [0.2, 0.25) is 0 Å². The van der Waals surface area contributed by atoms with Crippen LogP contribution < -0.4 is 9.80 Å². The molecule has 0 amide bonds. The first-order valence-electron chi connectivity index (χ1n) is 28.4. The summed E-state index contributed by atoms with van der Waals surface area (Å²) >= 11 is 1.92. The summed E-state index contributed by atoms with van der Waals surface area (Å²) in [7, 11) is 0. The van der Waals surface area contributed by atoms with E-state index < -0.39 is 0 Å². The van der Waals surface area contributed by atoms with Gasteiger partial charge >= 0.3 is 0 Å². The van der Waals surface area contributed by atoms with Crippen LogP contribution in [0, 0.1) is 0 Å². The Morgan fingerprint density at radius 3 is 1.17 bits per heavy atom. The Kier molecular flexibility index (Phi) is 9.73. The van der Waals surface area contributed by atoms with Crippen LogP contribution in [0.1, 0.15) is 49.9 Å². The zero-order valence-corrected chi connectivity index (χ0v) is 46.4.